The second kappa shape index (κ2) is 6.19. The molecule has 0 bridgehead atoms. The second-order valence-electron chi connectivity index (χ2n) is 7.76. The monoisotopic (exact) mass is 418 g/mol. The van der Waals surface area contributed by atoms with Crippen LogP contribution in [0.3, 0.4) is 0 Å². The van der Waals surface area contributed by atoms with E-state index in [0.29, 0.717) is 32.7 Å². The largest absolute Gasteiger partial charge is 0.361 e. The molecule has 0 spiro atoms. The molecule has 0 aromatic carbocycles. The van der Waals surface area contributed by atoms with E-state index in [-0.39, 0.29) is 29.3 Å². The third kappa shape index (κ3) is 2.45. The van der Waals surface area contributed by atoms with Crippen molar-refractivity contribution in [3.05, 3.63) is 32.7 Å². The summed E-state index contributed by atoms with van der Waals surface area (Å²) in [4.78, 5) is 41.5. The fourth-order valence-electron chi connectivity index (χ4n) is 4.40. The molecule has 3 aliphatic rings. The zero-order chi connectivity index (χ0) is 18.7. The van der Waals surface area contributed by atoms with Crippen molar-refractivity contribution in [2.45, 2.75) is 52.0 Å². The number of nitrogens with zero attached hydrogens (tertiary/aromatic N) is 2. The second-order valence-corrected chi connectivity index (χ2v) is 8.56. The molecular weight excluding hydrogens is 396 g/mol. The lowest BCUT2D eigenvalue weighted by atomic mass is 9.81. The van der Waals surface area contributed by atoms with Crippen LogP contribution in [0.25, 0.3) is 0 Å². The van der Waals surface area contributed by atoms with Gasteiger partial charge in [0.15, 0.2) is 5.78 Å². The van der Waals surface area contributed by atoms with Crippen LogP contribution in [0.5, 0.6) is 0 Å². The molecule has 1 saturated heterocycles. The smallest absolute Gasteiger partial charge is 0.219 e. The summed E-state index contributed by atoms with van der Waals surface area (Å²) >= 11 is 3.35. The van der Waals surface area contributed by atoms with Gasteiger partial charge in [0, 0.05) is 31.2 Å². The highest BCUT2D eigenvalue weighted by atomic mass is 79.9. The van der Waals surface area contributed by atoms with Crippen LogP contribution in [0.1, 0.15) is 75.9 Å². The molecular formula is C20H23BrN2O3. The van der Waals surface area contributed by atoms with Gasteiger partial charge >= 0.3 is 0 Å². The van der Waals surface area contributed by atoms with Gasteiger partial charge in [-0.1, -0.05) is 19.3 Å². The number of fused-ring (bicyclic) bond motifs is 1. The van der Waals surface area contributed by atoms with E-state index in [9.17, 15) is 14.4 Å². The summed E-state index contributed by atoms with van der Waals surface area (Å²) in [5.74, 6) is -0.396. The first-order valence-electron chi connectivity index (χ1n) is 9.33. The molecule has 2 heterocycles. The highest BCUT2D eigenvalue weighted by Crippen LogP contribution is 2.40. The van der Waals surface area contributed by atoms with E-state index < -0.39 is 0 Å². The Kier molecular flexibility index (Phi) is 4.21. The molecule has 1 aromatic heterocycles. The molecule has 1 aliphatic heterocycles. The van der Waals surface area contributed by atoms with Gasteiger partial charge in [-0.2, -0.15) is 0 Å². The van der Waals surface area contributed by atoms with Gasteiger partial charge < -0.3 is 9.47 Å². The number of hydrogen-bond acceptors (Lipinski definition) is 4. The molecule has 4 rings (SSSR count). The topological polar surface area (TPSA) is 59.1 Å². The van der Waals surface area contributed by atoms with E-state index in [2.05, 4.69) is 15.9 Å². The average Bonchev–Trinajstić information content (AvgIpc) is 3.28. The Hall–Kier alpha value is -1.69. The Labute approximate surface area is 161 Å². The van der Waals surface area contributed by atoms with Crippen molar-refractivity contribution in [2.75, 3.05) is 6.54 Å². The summed E-state index contributed by atoms with van der Waals surface area (Å²) < 4.78 is 2.03. The van der Waals surface area contributed by atoms with Gasteiger partial charge in [-0.25, -0.2) is 0 Å². The SMILES string of the molecule is Cc1c(C(=O)C2CCCCC2)c2c(n1C)C(=O)C(Br)=C(N1CC1C)C2=O. The van der Waals surface area contributed by atoms with E-state index in [1.54, 1.807) is 11.6 Å². The van der Waals surface area contributed by atoms with Gasteiger partial charge in [0.05, 0.1) is 15.6 Å². The standard InChI is InChI=1S/C20H23BrN2O3/c1-10-9-23(10)17-15(21)20(26)16-14(19(17)25)13(11(2)22(16)3)18(24)12-7-5-4-6-8-12/h10,12H,4-9H2,1-3H3. The molecule has 1 atom stereocenters. The van der Waals surface area contributed by atoms with Crippen LogP contribution in [-0.4, -0.2) is 39.4 Å². The van der Waals surface area contributed by atoms with Crippen LogP contribution in [0.4, 0.5) is 0 Å². The minimum absolute atomic E-state index is 0.0326. The summed E-state index contributed by atoms with van der Waals surface area (Å²) in [6.07, 6.45) is 5.03. The highest BCUT2D eigenvalue weighted by Gasteiger charge is 2.46. The van der Waals surface area contributed by atoms with Crippen molar-refractivity contribution in [3.63, 3.8) is 0 Å². The van der Waals surface area contributed by atoms with Crippen LogP contribution in [0.2, 0.25) is 0 Å². The van der Waals surface area contributed by atoms with Crippen LogP contribution in [0.15, 0.2) is 10.2 Å². The Morgan fingerprint density at radius 2 is 1.73 bits per heavy atom. The number of ketones is 3. The van der Waals surface area contributed by atoms with Gasteiger partial charge in [-0.3, -0.25) is 14.4 Å². The summed E-state index contributed by atoms with van der Waals surface area (Å²) in [7, 11) is 1.77. The number of allylic oxidation sites excluding steroid dienone is 2. The average molecular weight is 419 g/mol. The molecule has 26 heavy (non-hydrogen) atoms. The highest BCUT2D eigenvalue weighted by molar-refractivity contribution is 9.12. The van der Waals surface area contributed by atoms with E-state index in [4.69, 9.17) is 0 Å². The number of carbonyl (C=O) groups is 3. The number of rotatable bonds is 3. The van der Waals surface area contributed by atoms with Crippen molar-refractivity contribution in [1.29, 1.82) is 0 Å². The minimum Gasteiger partial charge on any atom is -0.361 e. The van der Waals surface area contributed by atoms with Gasteiger partial charge in [0.2, 0.25) is 11.6 Å². The van der Waals surface area contributed by atoms with Crippen molar-refractivity contribution < 1.29 is 14.4 Å². The van der Waals surface area contributed by atoms with Gasteiger partial charge in [-0.05, 0) is 42.6 Å². The minimum atomic E-state index is -0.206. The van der Waals surface area contributed by atoms with Gasteiger partial charge in [0.1, 0.15) is 11.4 Å². The lowest BCUT2D eigenvalue weighted by Crippen LogP contribution is -2.27. The Morgan fingerprint density at radius 1 is 1.12 bits per heavy atom. The number of halogens is 1. The van der Waals surface area contributed by atoms with E-state index >= 15 is 0 Å². The quantitative estimate of drug-likeness (QED) is 0.553. The molecule has 0 N–H and O–H groups in total. The molecule has 6 heteroatoms. The first-order valence-corrected chi connectivity index (χ1v) is 10.1. The summed E-state index contributed by atoms with van der Waals surface area (Å²) in [6, 6.07) is 0.248. The van der Waals surface area contributed by atoms with Crippen LogP contribution in [0, 0.1) is 12.8 Å². The lowest BCUT2D eigenvalue weighted by Gasteiger charge is -2.22. The first-order chi connectivity index (χ1) is 12.3. The number of Topliss-reactive ketones (excluding diaryl/α,β-unsaturated/α-hetero) is 3. The van der Waals surface area contributed by atoms with Gasteiger partial charge in [0.25, 0.3) is 0 Å². The molecule has 1 saturated carbocycles. The normalized spacial score (nSPS) is 23.5. The maximum atomic E-state index is 13.3. The maximum Gasteiger partial charge on any atom is 0.219 e. The number of carbonyl (C=O) groups excluding carboxylic acids is 3. The van der Waals surface area contributed by atoms with E-state index in [1.807, 2.05) is 18.7 Å². The molecule has 2 fully saturated rings. The van der Waals surface area contributed by atoms with Gasteiger partial charge in [-0.15, -0.1) is 0 Å². The molecule has 1 unspecified atom stereocenters. The molecule has 0 radical (unpaired) electrons. The predicted octanol–water partition coefficient (Wildman–Crippen LogP) is 3.79. The fraction of sp³-hybridized carbons (Fsp3) is 0.550. The maximum absolute atomic E-state index is 13.3. The molecule has 5 nitrogen and oxygen atoms in total. The Balaban J connectivity index is 1.85. The van der Waals surface area contributed by atoms with E-state index in [0.717, 1.165) is 32.2 Å². The fourth-order valence-corrected chi connectivity index (χ4v) is 4.99. The zero-order valence-corrected chi connectivity index (χ0v) is 17.0. The first kappa shape index (κ1) is 17.7. The van der Waals surface area contributed by atoms with E-state index in [1.165, 1.54) is 6.42 Å². The van der Waals surface area contributed by atoms with Crippen LogP contribution in [-0.2, 0) is 7.05 Å². The third-order valence-electron chi connectivity index (χ3n) is 6.12. The number of hydrogen-bond donors (Lipinski definition) is 0. The Bertz CT molecular complexity index is 874. The van der Waals surface area contributed by atoms with Crippen LogP contribution < -0.4 is 0 Å². The molecule has 1 aromatic rings. The van der Waals surface area contributed by atoms with Crippen molar-refractivity contribution in [3.8, 4) is 0 Å². The molecule has 138 valence electrons. The summed E-state index contributed by atoms with van der Waals surface area (Å²) in [6.45, 7) is 4.62. The summed E-state index contributed by atoms with van der Waals surface area (Å²) in [5, 5.41) is 0. The lowest BCUT2D eigenvalue weighted by molar-refractivity contribution is 0.0880. The number of aromatic nitrogens is 1. The third-order valence-corrected chi connectivity index (χ3v) is 6.86. The summed E-state index contributed by atoms with van der Waals surface area (Å²) in [5.41, 5.74) is 2.27. The molecule has 0 amide bonds. The Morgan fingerprint density at radius 3 is 2.31 bits per heavy atom. The van der Waals surface area contributed by atoms with Crippen molar-refractivity contribution in [1.82, 2.24) is 9.47 Å². The zero-order valence-electron chi connectivity index (χ0n) is 15.4. The van der Waals surface area contributed by atoms with Crippen molar-refractivity contribution in [2.24, 2.45) is 13.0 Å². The molecule has 2 aliphatic carbocycles. The van der Waals surface area contributed by atoms with Crippen molar-refractivity contribution >= 4 is 33.3 Å². The predicted molar refractivity (Wildman–Crippen MR) is 102 cm³/mol. The van der Waals surface area contributed by atoms with Crippen LogP contribution >= 0.6 is 15.9 Å².